The number of benzene rings is 6. The molecular formula is C55H55BN2O. The Bertz CT molecular complexity index is 3030. The molecule has 0 saturated carbocycles. The van der Waals surface area contributed by atoms with Gasteiger partial charge in [0.1, 0.15) is 11.2 Å². The molecule has 4 heteroatoms. The van der Waals surface area contributed by atoms with Crippen molar-refractivity contribution in [3.63, 3.8) is 0 Å². The first-order valence-electron chi connectivity index (χ1n) is 22.1. The molecule has 7 aromatic rings. The van der Waals surface area contributed by atoms with E-state index in [1.54, 1.807) is 0 Å². The number of hydrogen-bond donors (Lipinski definition) is 1. The predicted molar refractivity (Wildman–Crippen MR) is 251 cm³/mol. The molecule has 0 radical (unpaired) electrons. The average molecular weight is 771 g/mol. The van der Waals surface area contributed by atoms with Crippen molar-refractivity contribution in [1.82, 2.24) is 0 Å². The van der Waals surface area contributed by atoms with Crippen LogP contribution in [0, 0.1) is 0 Å². The summed E-state index contributed by atoms with van der Waals surface area (Å²) in [7, 11) is 0. The quantitative estimate of drug-likeness (QED) is 0.169. The Hall–Kier alpha value is -5.22. The number of anilines is 4. The molecule has 294 valence electrons. The Morgan fingerprint density at radius 3 is 1.92 bits per heavy atom. The fourth-order valence-electron chi connectivity index (χ4n) is 12.4. The second-order valence-electron chi connectivity index (χ2n) is 21.9. The third kappa shape index (κ3) is 4.61. The SMILES string of the molecule is CC1(C)CCC(C)(C)c2cc(N3B4c5cc6c(cc5Nc5cc7oc8ccccc8c7c(c54)-c4cc5c(cc43)C(C)(C)CCC5(C)C)C(C)(C)c3ccccc3-6)ccc21. The van der Waals surface area contributed by atoms with Crippen molar-refractivity contribution in [2.45, 2.75) is 122 Å². The Kier molecular flexibility index (Phi) is 6.73. The molecular weight excluding hydrogens is 715 g/mol. The maximum absolute atomic E-state index is 6.82. The molecule has 12 rings (SSSR count). The summed E-state index contributed by atoms with van der Waals surface area (Å²) < 4.78 is 6.82. The highest BCUT2D eigenvalue weighted by molar-refractivity contribution is 6.94. The van der Waals surface area contributed by atoms with E-state index >= 15 is 0 Å². The van der Waals surface area contributed by atoms with Gasteiger partial charge in [-0.1, -0.05) is 124 Å². The summed E-state index contributed by atoms with van der Waals surface area (Å²) in [6, 6.07) is 37.9. The van der Waals surface area contributed by atoms with Gasteiger partial charge in [0, 0.05) is 50.6 Å². The van der Waals surface area contributed by atoms with E-state index in [1.165, 1.54) is 120 Å². The van der Waals surface area contributed by atoms with E-state index in [0.717, 1.165) is 16.9 Å². The van der Waals surface area contributed by atoms with Crippen LogP contribution in [0.4, 0.5) is 22.7 Å². The number of para-hydroxylation sites is 1. The van der Waals surface area contributed by atoms with Crippen molar-refractivity contribution in [3.05, 3.63) is 130 Å². The smallest absolute Gasteiger partial charge is 0.333 e. The lowest BCUT2D eigenvalue weighted by Gasteiger charge is -2.47. The van der Waals surface area contributed by atoms with Crippen molar-refractivity contribution in [2.75, 3.05) is 10.1 Å². The van der Waals surface area contributed by atoms with Gasteiger partial charge in [0.15, 0.2) is 0 Å². The van der Waals surface area contributed by atoms with Gasteiger partial charge in [0.05, 0.1) is 0 Å². The number of fused-ring (bicyclic) bond motifs is 13. The molecule has 6 aromatic carbocycles. The van der Waals surface area contributed by atoms with Crippen LogP contribution in [0.5, 0.6) is 0 Å². The largest absolute Gasteiger partial charge is 0.456 e. The Morgan fingerprint density at radius 2 is 1.17 bits per heavy atom. The topological polar surface area (TPSA) is 28.4 Å². The van der Waals surface area contributed by atoms with Gasteiger partial charge in [-0.05, 0) is 145 Å². The molecule has 59 heavy (non-hydrogen) atoms. The van der Waals surface area contributed by atoms with Crippen molar-refractivity contribution < 1.29 is 4.42 Å². The van der Waals surface area contributed by atoms with Crippen LogP contribution in [0.2, 0.25) is 0 Å². The molecule has 0 amide bonds. The summed E-state index contributed by atoms with van der Waals surface area (Å²) in [6.45, 7) is 24.4. The lowest BCUT2D eigenvalue weighted by molar-refractivity contribution is 0.332. The van der Waals surface area contributed by atoms with Gasteiger partial charge in [-0.2, -0.15) is 0 Å². The van der Waals surface area contributed by atoms with Gasteiger partial charge < -0.3 is 14.5 Å². The molecule has 3 aliphatic carbocycles. The van der Waals surface area contributed by atoms with Crippen LogP contribution in [0.1, 0.15) is 128 Å². The van der Waals surface area contributed by atoms with Gasteiger partial charge in [-0.15, -0.1) is 0 Å². The Balaban J connectivity index is 1.24. The monoisotopic (exact) mass is 770 g/mol. The second-order valence-corrected chi connectivity index (χ2v) is 21.9. The maximum atomic E-state index is 6.82. The molecule has 3 heterocycles. The van der Waals surface area contributed by atoms with Gasteiger partial charge in [-0.3, -0.25) is 0 Å². The molecule has 1 N–H and O–H groups in total. The zero-order chi connectivity index (χ0) is 40.8. The van der Waals surface area contributed by atoms with E-state index in [-0.39, 0.29) is 33.9 Å². The third-order valence-electron chi connectivity index (χ3n) is 16.2. The summed E-state index contributed by atoms with van der Waals surface area (Å²) in [6.07, 6.45) is 4.72. The number of nitrogens with zero attached hydrogens (tertiary/aromatic N) is 1. The number of furan rings is 1. The van der Waals surface area contributed by atoms with Crippen LogP contribution in [0.15, 0.2) is 101 Å². The number of hydrogen-bond acceptors (Lipinski definition) is 3. The summed E-state index contributed by atoms with van der Waals surface area (Å²) in [5, 5.41) is 6.50. The molecule has 0 spiro atoms. The van der Waals surface area contributed by atoms with Crippen LogP contribution >= 0.6 is 0 Å². The summed E-state index contributed by atoms with van der Waals surface area (Å²) in [5.74, 6) is 0. The molecule has 0 fully saturated rings. The lowest BCUT2D eigenvalue weighted by atomic mass is 9.43. The van der Waals surface area contributed by atoms with Crippen molar-refractivity contribution in [1.29, 1.82) is 0 Å². The van der Waals surface area contributed by atoms with Crippen LogP contribution in [-0.4, -0.2) is 6.85 Å². The summed E-state index contributed by atoms with van der Waals surface area (Å²) >= 11 is 0. The first-order chi connectivity index (χ1) is 28.0. The van der Waals surface area contributed by atoms with E-state index in [1.807, 2.05) is 0 Å². The zero-order valence-electron chi connectivity index (χ0n) is 36.5. The summed E-state index contributed by atoms with van der Waals surface area (Å²) in [4.78, 5) is 2.77. The standard InChI is InChI=1S/C55H55BN2O/c1-51(2)21-22-52(3,4)39-25-31(19-20-37(39)51)58-45-29-41-40(53(5,6)23-24-54(41,7)8)26-35(45)49-48-33-16-12-14-18-46(33)59-47(48)30-44-50(49)56(58)42-27-34-32-15-11-13-17-36(32)55(9,10)38(34)28-43(42)57-44/h11-20,25-30,57H,21-24H2,1-10H3. The molecule has 1 aromatic heterocycles. The van der Waals surface area contributed by atoms with Gasteiger partial charge >= 0.3 is 6.85 Å². The van der Waals surface area contributed by atoms with Gasteiger partial charge in [0.25, 0.3) is 0 Å². The molecule has 0 unspecified atom stereocenters. The highest BCUT2D eigenvalue weighted by Gasteiger charge is 2.49. The predicted octanol–water partition coefficient (Wildman–Crippen LogP) is 13.6. The van der Waals surface area contributed by atoms with E-state index in [0.29, 0.717) is 0 Å². The lowest BCUT2D eigenvalue weighted by Crippen LogP contribution is -2.60. The molecule has 0 bridgehead atoms. The molecule has 0 atom stereocenters. The van der Waals surface area contributed by atoms with Gasteiger partial charge in [-0.25, -0.2) is 0 Å². The van der Waals surface area contributed by atoms with Crippen molar-refractivity contribution in [3.8, 4) is 22.3 Å². The number of rotatable bonds is 1. The van der Waals surface area contributed by atoms with Crippen LogP contribution in [0.25, 0.3) is 44.2 Å². The van der Waals surface area contributed by atoms with E-state index < -0.39 is 0 Å². The van der Waals surface area contributed by atoms with Crippen LogP contribution in [-0.2, 0) is 27.1 Å². The fraction of sp³-hybridized carbons (Fsp3) is 0.345. The first kappa shape index (κ1) is 35.7. The average Bonchev–Trinajstić information content (AvgIpc) is 3.68. The first-order valence-corrected chi connectivity index (χ1v) is 22.1. The number of nitrogens with one attached hydrogen (secondary N) is 1. The minimum Gasteiger partial charge on any atom is -0.456 e. The Morgan fingerprint density at radius 1 is 0.525 bits per heavy atom. The van der Waals surface area contributed by atoms with Crippen LogP contribution < -0.4 is 21.1 Å². The normalized spacial score (nSPS) is 20.2. The molecule has 3 nitrogen and oxygen atoms in total. The summed E-state index contributed by atoms with van der Waals surface area (Å²) in [5.41, 5.74) is 23.8. The van der Waals surface area contributed by atoms with E-state index in [4.69, 9.17) is 4.42 Å². The molecule has 0 saturated heterocycles. The minimum atomic E-state index is -0.107. The second kappa shape index (κ2) is 11.1. The van der Waals surface area contributed by atoms with E-state index in [9.17, 15) is 0 Å². The molecule has 5 aliphatic rings. The highest BCUT2D eigenvalue weighted by atomic mass is 16.3. The molecule has 2 aliphatic heterocycles. The van der Waals surface area contributed by atoms with Gasteiger partial charge in [0.2, 0.25) is 0 Å². The Labute approximate surface area is 350 Å². The third-order valence-corrected chi connectivity index (χ3v) is 16.2. The fourth-order valence-corrected chi connectivity index (χ4v) is 12.4. The minimum absolute atomic E-state index is 0.0509. The maximum Gasteiger partial charge on any atom is 0.333 e. The highest BCUT2D eigenvalue weighted by Crippen LogP contribution is 2.56. The zero-order valence-corrected chi connectivity index (χ0v) is 36.5. The van der Waals surface area contributed by atoms with Crippen molar-refractivity contribution in [2.24, 2.45) is 0 Å². The van der Waals surface area contributed by atoms with E-state index in [2.05, 4.69) is 176 Å². The van der Waals surface area contributed by atoms with Crippen molar-refractivity contribution >= 4 is 62.5 Å². The van der Waals surface area contributed by atoms with Crippen LogP contribution in [0.3, 0.4) is 0 Å².